The number of esters is 1. The molecule has 23 heteroatoms. The van der Waals surface area contributed by atoms with E-state index in [1.54, 1.807) is 36.4 Å². The molecule has 5 aliphatic rings. The lowest BCUT2D eigenvalue weighted by atomic mass is 9.77. The summed E-state index contributed by atoms with van der Waals surface area (Å²) in [5.41, 5.74) is 0.222. The summed E-state index contributed by atoms with van der Waals surface area (Å²) in [7, 11) is 0. The monoisotopic (exact) mass is 941 g/mol. The number of rotatable bonds is 12. The first kappa shape index (κ1) is 47.9. The van der Waals surface area contributed by atoms with Gasteiger partial charge in [-0.1, -0.05) is 18.2 Å². The summed E-state index contributed by atoms with van der Waals surface area (Å²) in [5, 5.41) is 93.8. The Morgan fingerprint density at radius 2 is 1.10 bits per heavy atom. The molecule has 362 valence electrons. The van der Waals surface area contributed by atoms with Crippen LogP contribution in [0, 0.1) is 0 Å². The lowest BCUT2D eigenvalue weighted by Crippen LogP contribution is -2.71. The molecule has 8 rings (SSSR count). The molecule has 3 saturated heterocycles. The van der Waals surface area contributed by atoms with Crippen LogP contribution in [0.1, 0.15) is 47.8 Å². The van der Waals surface area contributed by atoms with Crippen molar-refractivity contribution in [3.8, 4) is 23.0 Å². The lowest BCUT2D eigenvalue weighted by molar-refractivity contribution is -0.350. The van der Waals surface area contributed by atoms with Gasteiger partial charge in [0.2, 0.25) is 24.0 Å². The average Bonchev–Trinajstić information content (AvgIpc) is 3.58. The van der Waals surface area contributed by atoms with E-state index in [1.165, 1.54) is 24.3 Å². The van der Waals surface area contributed by atoms with E-state index in [2.05, 4.69) is 16.0 Å². The van der Waals surface area contributed by atoms with Crippen molar-refractivity contribution in [2.24, 2.45) is 0 Å². The number of hydrogen-bond acceptors (Lipinski definition) is 20. The number of nitrogens with one attached hydrogen (secondary N) is 3. The first-order valence-corrected chi connectivity index (χ1v) is 21.3. The lowest BCUT2D eigenvalue weighted by Gasteiger charge is -2.50. The Hall–Kier alpha value is -5.54. The van der Waals surface area contributed by atoms with Crippen LogP contribution in [0.15, 0.2) is 60.7 Å². The predicted octanol–water partition coefficient (Wildman–Crippen LogP) is -2.78. The van der Waals surface area contributed by atoms with E-state index >= 15 is 0 Å². The number of aliphatic hydroxyl groups is 7. The molecule has 67 heavy (non-hydrogen) atoms. The molecule has 23 nitrogen and oxygen atoms in total. The van der Waals surface area contributed by atoms with Gasteiger partial charge in [0.05, 0.1) is 25.4 Å². The molecule has 3 fully saturated rings. The number of ether oxygens (including phenoxy) is 8. The fourth-order valence-corrected chi connectivity index (χ4v) is 9.21. The molecular weight excluding hydrogens is 890 g/mol. The Balaban J connectivity index is 1.05. The maximum Gasteiger partial charge on any atom is 0.340 e. The Kier molecular flexibility index (Phi) is 13.8. The Bertz CT molecular complexity index is 2350. The van der Waals surface area contributed by atoms with E-state index in [9.17, 15) is 60.0 Å². The molecule has 0 radical (unpaired) electrons. The standard InChI is InChI=1S/C44H51N3O20/c1-17(51)45-31-35(56)34(55)28(14-48)62-42(31)65-39-30(16-50)64-43(33(37(39)58)47-19(3)53)66-38-29(15-49)63-41(32(36(38)57)46-18(2)52)60-21-9-11-25-27(13-21)61-26-12-20(54)8-10-24(26)44(25)23-7-5-4-6-22(23)40(59)67-44/h4-13,28-39,41-43,48-50,54-58H,14-16H2,1-3H3,(H,45,51)(H,46,52)(H,47,53)/t28-,29-,30-,31-,32-,33-,34-,35-,36-,37-,38-,39-,41-,42+,43+,44?/m1/s1. The van der Waals surface area contributed by atoms with Crippen molar-refractivity contribution >= 4 is 23.7 Å². The number of benzene rings is 3. The number of fused-ring (bicyclic) bond motifs is 6. The topological polar surface area (TPSA) is 340 Å². The molecule has 0 saturated carbocycles. The second-order valence-corrected chi connectivity index (χ2v) is 16.7. The van der Waals surface area contributed by atoms with E-state index in [0.29, 0.717) is 22.3 Å². The average molecular weight is 942 g/mol. The van der Waals surface area contributed by atoms with E-state index in [-0.39, 0.29) is 23.0 Å². The van der Waals surface area contributed by atoms with Crippen LogP contribution in [0.2, 0.25) is 0 Å². The van der Waals surface area contributed by atoms with Crippen molar-refractivity contribution in [3.05, 3.63) is 82.9 Å². The van der Waals surface area contributed by atoms with Crippen molar-refractivity contribution in [1.29, 1.82) is 0 Å². The van der Waals surface area contributed by atoms with Gasteiger partial charge >= 0.3 is 5.97 Å². The molecule has 3 amide bonds. The van der Waals surface area contributed by atoms with E-state index in [4.69, 9.17) is 37.9 Å². The number of phenols is 1. The van der Waals surface area contributed by atoms with Crippen LogP contribution in [0.4, 0.5) is 0 Å². The highest BCUT2D eigenvalue weighted by molar-refractivity contribution is 5.97. The molecule has 0 bridgehead atoms. The summed E-state index contributed by atoms with van der Waals surface area (Å²) in [6.45, 7) is 0.872. The van der Waals surface area contributed by atoms with Crippen LogP contribution < -0.4 is 25.4 Å². The summed E-state index contributed by atoms with van der Waals surface area (Å²) in [5.74, 6) is -2.37. The molecule has 3 aromatic carbocycles. The number of aliphatic hydroxyl groups excluding tert-OH is 7. The van der Waals surface area contributed by atoms with Gasteiger partial charge in [-0.15, -0.1) is 0 Å². The zero-order valence-electron chi connectivity index (χ0n) is 36.0. The largest absolute Gasteiger partial charge is 0.508 e. The first-order valence-electron chi connectivity index (χ1n) is 21.3. The molecule has 1 spiro atoms. The van der Waals surface area contributed by atoms with Crippen LogP contribution >= 0.6 is 0 Å². The van der Waals surface area contributed by atoms with Crippen LogP contribution in [0.25, 0.3) is 0 Å². The number of amides is 3. The third-order valence-corrected chi connectivity index (χ3v) is 12.2. The molecule has 0 aliphatic carbocycles. The van der Waals surface area contributed by atoms with E-state index in [1.807, 2.05) is 0 Å². The number of aromatic hydroxyl groups is 1. The smallest absolute Gasteiger partial charge is 0.340 e. The highest BCUT2D eigenvalue weighted by Gasteiger charge is 2.56. The second-order valence-electron chi connectivity index (χ2n) is 16.7. The molecular formula is C44H51N3O20. The minimum absolute atomic E-state index is 0.0510. The molecule has 3 aromatic rings. The second kappa shape index (κ2) is 19.2. The van der Waals surface area contributed by atoms with Gasteiger partial charge in [-0.2, -0.15) is 0 Å². The van der Waals surface area contributed by atoms with Crippen molar-refractivity contribution in [1.82, 2.24) is 16.0 Å². The Morgan fingerprint density at radius 3 is 1.67 bits per heavy atom. The van der Waals surface area contributed by atoms with Crippen molar-refractivity contribution in [2.45, 2.75) is 118 Å². The van der Waals surface area contributed by atoms with Gasteiger partial charge in [0.1, 0.15) is 96.1 Å². The van der Waals surface area contributed by atoms with Crippen LogP contribution in [0.5, 0.6) is 23.0 Å². The molecule has 11 N–H and O–H groups in total. The Labute approximate surface area is 381 Å². The predicted molar refractivity (Wildman–Crippen MR) is 221 cm³/mol. The highest BCUT2D eigenvalue weighted by Crippen LogP contribution is 2.57. The number of carbonyl (C=O) groups is 4. The fourth-order valence-electron chi connectivity index (χ4n) is 9.21. The maximum atomic E-state index is 13.3. The zero-order chi connectivity index (χ0) is 48.1. The molecule has 1 unspecified atom stereocenters. The normalized spacial score (nSPS) is 35.3. The van der Waals surface area contributed by atoms with E-state index < -0.39 is 141 Å². The summed E-state index contributed by atoms with van der Waals surface area (Å²) in [6.07, 6.45) is -19.7. The Morgan fingerprint density at radius 1 is 0.612 bits per heavy atom. The summed E-state index contributed by atoms with van der Waals surface area (Å²) in [6, 6.07) is 11.3. The summed E-state index contributed by atoms with van der Waals surface area (Å²) >= 11 is 0. The van der Waals surface area contributed by atoms with Crippen molar-refractivity contribution in [3.63, 3.8) is 0 Å². The third-order valence-electron chi connectivity index (χ3n) is 12.2. The van der Waals surface area contributed by atoms with Crippen molar-refractivity contribution < 1.29 is 97.9 Å². The zero-order valence-corrected chi connectivity index (χ0v) is 36.0. The van der Waals surface area contributed by atoms with Crippen LogP contribution in [0.3, 0.4) is 0 Å². The van der Waals surface area contributed by atoms with Gasteiger partial charge in [0.15, 0.2) is 18.2 Å². The maximum absolute atomic E-state index is 13.3. The van der Waals surface area contributed by atoms with Crippen LogP contribution in [-0.2, 0) is 48.4 Å². The first-order chi connectivity index (χ1) is 32.0. The minimum Gasteiger partial charge on any atom is -0.508 e. The molecule has 16 atom stereocenters. The quantitative estimate of drug-likeness (QED) is 0.0818. The third kappa shape index (κ3) is 8.89. The number of phenolic OH excluding ortho intramolecular Hbond substituents is 1. The van der Waals surface area contributed by atoms with Gasteiger partial charge in [-0.05, 0) is 30.3 Å². The molecule has 5 aliphatic heterocycles. The number of hydrogen-bond donors (Lipinski definition) is 11. The molecule has 5 heterocycles. The SMILES string of the molecule is CC(=O)N[C@H]1[C@H](Oc2ccc3c(c2)Oc2cc(O)ccc2C32OC(=O)c3ccccc32)O[C@H](CO)[C@@H](O[C@@H]2O[C@H](CO)[C@@H](O[C@@H]3O[C@H](CO)[C@@H](O)[C@H](O)[C@H]3NC(C)=O)[C@H](O)[C@H]2NC(C)=O)[C@@H]1O. The van der Waals surface area contributed by atoms with Crippen LogP contribution in [-0.4, -0.2) is 176 Å². The van der Waals surface area contributed by atoms with Gasteiger partial charge in [0.25, 0.3) is 0 Å². The summed E-state index contributed by atoms with van der Waals surface area (Å²) < 4.78 is 48.6. The van der Waals surface area contributed by atoms with Crippen molar-refractivity contribution in [2.75, 3.05) is 19.8 Å². The number of carbonyl (C=O) groups excluding carboxylic acids is 4. The van der Waals surface area contributed by atoms with Gasteiger partial charge in [-0.25, -0.2) is 4.79 Å². The van der Waals surface area contributed by atoms with Gasteiger partial charge in [-0.3, -0.25) is 14.4 Å². The van der Waals surface area contributed by atoms with Gasteiger partial charge in [0, 0.05) is 49.6 Å². The molecule has 0 aromatic heterocycles. The fraction of sp³-hybridized carbons (Fsp3) is 0.500. The highest BCUT2D eigenvalue weighted by atomic mass is 16.7. The minimum atomic E-state index is -1.85. The van der Waals surface area contributed by atoms with E-state index in [0.717, 1.165) is 20.8 Å². The van der Waals surface area contributed by atoms with Gasteiger partial charge < -0.3 is 94.7 Å². The summed E-state index contributed by atoms with van der Waals surface area (Å²) in [4.78, 5) is 50.5.